The van der Waals surface area contributed by atoms with E-state index in [0.29, 0.717) is 22.9 Å². The Hall–Kier alpha value is -3.68. The minimum absolute atomic E-state index is 0.0267. The number of benzene rings is 1. The summed E-state index contributed by atoms with van der Waals surface area (Å²) in [7, 11) is 0. The fraction of sp³-hybridized carbons (Fsp3) is 0.370. The van der Waals surface area contributed by atoms with Gasteiger partial charge in [0.1, 0.15) is 17.1 Å². The van der Waals surface area contributed by atoms with Gasteiger partial charge in [-0.3, -0.25) is 0 Å². The predicted octanol–water partition coefficient (Wildman–Crippen LogP) is 3.69. The van der Waals surface area contributed by atoms with Crippen molar-refractivity contribution in [1.29, 1.82) is 0 Å². The Morgan fingerprint density at radius 2 is 1.89 bits per heavy atom. The second-order valence-corrected chi connectivity index (χ2v) is 9.47. The van der Waals surface area contributed by atoms with Gasteiger partial charge in [-0.25, -0.2) is 15.0 Å². The Bertz CT molecular complexity index is 1320. The van der Waals surface area contributed by atoms with Crippen molar-refractivity contribution in [2.75, 3.05) is 29.9 Å². The number of alkyl halides is 3. The first kappa shape index (κ1) is 25.0. The van der Waals surface area contributed by atoms with Crippen molar-refractivity contribution >= 4 is 11.5 Å². The van der Waals surface area contributed by atoms with Crippen LogP contribution in [0.25, 0.3) is 0 Å². The normalized spacial score (nSPS) is 18.3. The van der Waals surface area contributed by atoms with Crippen molar-refractivity contribution in [3.8, 4) is 11.8 Å². The molecule has 1 aromatic carbocycles. The van der Waals surface area contributed by atoms with Gasteiger partial charge in [-0.2, -0.15) is 13.2 Å². The summed E-state index contributed by atoms with van der Waals surface area (Å²) in [5.74, 6) is 6.40. The zero-order chi connectivity index (χ0) is 26.0. The topological polar surface area (TPSA) is 100 Å². The molecule has 3 heterocycles. The van der Waals surface area contributed by atoms with Crippen LogP contribution in [0.3, 0.4) is 0 Å². The minimum Gasteiger partial charge on any atom is -0.390 e. The number of aromatic nitrogens is 3. The van der Waals surface area contributed by atoms with Crippen LogP contribution in [0, 0.1) is 17.3 Å². The largest absolute Gasteiger partial charge is 0.433 e. The smallest absolute Gasteiger partial charge is 0.390 e. The molecule has 1 aliphatic carbocycles. The Kier molecular flexibility index (Phi) is 6.75. The fourth-order valence-corrected chi connectivity index (χ4v) is 5.27. The van der Waals surface area contributed by atoms with Gasteiger partial charge < -0.3 is 21.1 Å². The molecule has 3 aromatic rings. The second kappa shape index (κ2) is 10.00. The van der Waals surface area contributed by atoms with Gasteiger partial charge in [-0.05, 0) is 53.9 Å². The summed E-state index contributed by atoms with van der Waals surface area (Å²) in [5, 5.41) is 12.8. The van der Waals surface area contributed by atoms with Crippen molar-refractivity contribution in [2.24, 2.45) is 11.1 Å². The number of piperidine rings is 1. The van der Waals surface area contributed by atoms with Crippen LogP contribution in [0.4, 0.5) is 24.7 Å². The summed E-state index contributed by atoms with van der Waals surface area (Å²) >= 11 is 0. The molecular formula is C27H27F3N6O. The van der Waals surface area contributed by atoms with E-state index in [9.17, 15) is 18.3 Å². The van der Waals surface area contributed by atoms with E-state index in [0.717, 1.165) is 44.6 Å². The zero-order valence-electron chi connectivity index (χ0n) is 20.1. The lowest BCUT2D eigenvalue weighted by Gasteiger charge is -2.42. The summed E-state index contributed by atoms with van der Waals surface area (Å²) in [4.78, 5) is 14.6. The number of aliphatic hydroxyl groups is 1. The number of hydrogen-bond acceptors (Lipinski definition) is 7. The van der Waals surface area contributed by atoms with Crippen LogP contribution < -0.4 is 16.0 Å². The number of hydrogen-bond donors (Lipinski definition) is 3. The highest BCUT2D eigenvalue weighted by atomic mass is 19.4. The van der Waals surface area contributed by atoms with Gasteiger partial charge in [-0.1, -0.05) is 30.2 Å². The molecule has 10 heteroatoms. The number of halogens is 3. The van der Waals surface area contributed by atoms with E-state index in [2.05, 4.69) is 55.2 Å². The summed E-state index contributed by atoms with van der Waals surface area (Å²) in [6, 6.07) is 10.6. The fourth-order valence-electron chi connectivity index (χ4n) is 5.27. The third-order valence-corrected chi connectivity index (χ3v) is 7.27. The summed E-state index contributed by atoms with van der Waals surface area (Å²) in [6.45, 7) is 1.47. The van der Waals surface area contributed by atoms with Crippen LogP contribution in [-0.4, -0.2) is 39.7 Å². The Labute approximate surface area is 213 Å². The molecular weight excluding hydrogens is 481 g/mol. The molecule has 192 valence electrons. The number of nitrogens with zero attached hydrogens (tertiary/aromatic N) is 4. The van der Waals surface area contributed by atoms with E-state index in [1.54, 1.807) is 6.20 Å². The van der Waals surface area contributed by atoms with Crippen LogP contribution >= 0.6 is 0 Å². The first-order valence-electron chi connectivity index (χ1n) is 12.1. The van der Waals surface area contributed by atoms with E-state index in [4.69, 9.17) is 5.73 Å². The van der Waals surface area contributed by atoms with Gasteiger partial charge in [0, 0.05) is 19.1 Å². The van der Waals surface area contributed by atoms with Gasteiger partial charge in [0.05, 0.1) is 31.2 Å². The van der Waals surface area contributed by atoms with Crippen molar-refractivity contribution < 1.29 is 18.3 Å². The van der Waals surface area contributed by atoms with Crippen LogP contribution in [-0.2, 0) is 19.2 Å². The number of rotatable bonds is 4. The highest BCUT2D eigenvalue weighted by Crippen LogP contribution is 2.51. The maximum Gasteiger partial charge on any atom is 0.433 e. The molecule has 5 rings (SSSR count). The quantitative estimate of drug-likeness (QED) is 0.462. The number of nitrogens with two attached hydrogens (primary N) is 1. The standard InChI is InChI=1S/C27H27F3N6O/c28-27(29,30)23-8-7-19(15-33-23)32-11-3-5-20-16-34-25(22(17-37)35-20)36-12-9-26(10-13-36)14-18-4-1-2-6-21(18)24(26)31/h1-2,4,6-8,15-16,24,32,37H,9-14,17,31H2. The van der Waals surface area contributed by atoms with Crippen molar-refractivity contribution in [2.45, 2.75) is 38.1 Å². The average molecular weight is 509 g/mol. The lowest BCUT2D eigenvalue weighted by molar-refractivity contribution is -0.141. The Morgan fingerprint density at radius 1 is 1.11 bits per heavy atom. The Morgan fingerprint density at radius 3 is 2.57 bits per heavy atom. The van der Waals surface area contributed by atoms with E-state index < -0.39 is 11.9 Å². The average Bonchev–Trinajstić information content (AvgIpc) is 3.17. The number of pyridine rings is 1. The third kappa shape index (κ3) is 5.10. The molecule has 0 bridgehead atoms. The van der Waals surface area contributed by atoms with E-state index in [1.807, 2.05) is 6.07 Å². The molecule has 1 unspecified atom stereocenters. The van der Waals surface area contributed by atoms with E-state index in [-0.39, 0.29) is 24.6 Å². The van der Waals surface area contributed by atoms with Crippen molar-refractivity contribution in [3.05, 3.63) is 77.0 Å². The van der Waals surface area contributed by atoms with Gasteiger partial charge >= 0.3 is 6.18 Å². The van der Waals surface area contributed by atoms with Crippen LogP contribution in [0.1, 0.15) is 47.1 Å². The van der Waals surface area contributed by atoms with Crippen LogP contribution in [0.15, 0.2) is 48.8 Å². The van der Waals surface area contributed by atoms with Gasteiger partial charge in [0.25, 0.3) is 0 Å². The van der Waals surface area contributed by atoms with Crippen molar-refractivity contribution in [1.82, 2.24) is 15.0 Å². The molecule has 1 saturated heterocycles. The minimum atomic E-state index is -4.47. The molecule has 1 atom stereocenters. The lowest BCUT2D eigenvalue weighted by Crippen LogP contribution is -2.45. The van der Waals surface area contributed by atoms with Crippen molar-refractivity contribution in [3.63, 3.8) is 0 Å². The molecule has 0 amide bonds. The molecule has 1 fully saturated rings. The molecule has 1 spiro atoms. The van der Waals surface area contributed by atoms with Gasteiger partial charge in [-0.15, -0.1) is 0 Å². The predicted molar refractivity (Wildman–Crippen MR) is 134 cm³/mol. The first-order valence-corrected chi connectivity index (χ1v) is 12.1. The molecule has 2 aliphatic rings. The first-order chi connectivity index (χ1) is 17.8. The zero-order valence-corrected chi connectivity index (χ0v) is 20.1. The molecule has 0 radical (unpaired) electrons. The SMILES string of the molecule is NC1c2ccccc2CC12CCN(c1ncc(C#CCNc3ccc(C(F)(F)F)nc3)nc1CO)CC2. The van der Waals surface area contributed by atoms with E-state index >= 15 is 0 Å². The molecule has 7 nitrogen and oxygen atoms in total. The second-order valence-electron chi connectivity index (χ2n) is 9.47. The van der Waals surface area contributed by atoms with Crippen LogP contribution in [0.5, 0.6) is 0 Å². The molecule has 2 aromatic heterocycles. The van der Waals surface area contributed by atoms with E-state index in [1.165, 1.54) is 17.2 Å². The summed E-state index contributed by atoms with van der Waals surface area (Å²) in [6.07, 6.45) is 1.06. The maximum atomic E-state index is 12.6. The van der Waals surface area contributed by atoms with Crippen LogP contribution in [0.2, 0.25) is 0 Å². The summed E-state index contributed by atoms with van der Waals surface area (Å²) in [5.41, 5.74) is 9.66. The summed E-state index contributed by atoms with van der Waals surface area (Å²) < 4.78 is 37.8. The monoisotopic (exact) mass is 508 g/mol. The number of anilines is 2. The van der Waals surface area contributed by atoms with Gasteiger partial charge in [0.15, 0.2) is 5.82 Å². The molecule has 0 saturated carbocycles. The number of fused-ring (bicyclic) bond motifs is 1. The lowest BCUT2D eigenvalue weighted by atomic mass is 9.73. The molecule has 1 aliphatic heterocycles. The maximum absolute atomic E-state index is 12.6. The third-order valence-electron chi connectivity index (χ3n) is 7.27. The van der Waals surface area contributed by atoms with Gasteiger partial charge in [0.2, 0.25) is 0 Å². The highest BCUT2D eigenvalue weighted by molar-refractivity contribution is 5.48. The Balaban J connectivity index is 1.20. The molecule has 37 heavy (non-hydrogen) atoms. The molecule has 4 N–H and O–H groups in total. The highest BCUT2D eigenvalue weighted by Gasteiger charge is 2.46. The number of nitrogens with one attached hydrogen (secondary N) is 1. The number of aliphatic hydroxyl groups excluding tert-OH is 1.